The van der Waals surface area contributed by atoms with Crippen LogP contribution in [0.25, 0.3) is 0 Å². The molecule has 0 saturated carbocycles. The lowest BCUT2D eigenvalue weighted by atomic mass is 10.00. The van der Waals surface area contributed by atoms with Crippen LogP contribution in [0, 0.1) is 0 Å². The maximum absolute atomic E-state index is 11.6. The van der Waals surface area contributed by atoms with Gasteiger partial charge in [-0.05, 0) is 31.7 Å². The molecule has 0 radical (unpaired) electrons. The van der Waals surface area contributed by atoms with E-state index < -0.39 is 5.54 Å². The standard InChI is InChI=1S/C14H21NO2S/c1-14(15-2,13(16)17-3)9-10-18-11-12-7-5-4-6-8-12/h4-8,15H,9-11H2,1-3H3. The first-order valence-corrected chi connectivity index (χ1v) is 7.17. The Balaban J connectivity index is 2.34. The fourth-order valence-corrected chi connectivity index (χ4v) is 2.72. The van der Waals surface area contributed by atoms with Crippen molar-refractivity contribution in [1.29, 1.82) is 0 Å². The summed E-state index contributed by atoms with van der Waals surface area (Å²) in [6.45, 7) is 1.88. The fraction of sp³-hybridized carbons (Fsp3) is 0.500. The summed E-state index contributed by atoms with van der Waals surface area (Å²) in [6, 6.07) is 10.3. The van der Waals surface area contributed by atoms with Gasteiger partial charge in [-0.2, -0.15) is 11.8 Å². The first kappa shape index (κ1) is 15.1. The highest BCUT2D eigenvalue weighted by molar-refractivity contribution is 7.98. The van der Waals surface area contributed by atoms with Gasteiger partial charge in [0.05, 0.1) is 7.11 Å². The van der Waals surface area contributed by atoms with E-state index in [-0.39, 0.29) is 5.97 Å². The molecular weight excluding hydrogens is 246 g/mol. The molecular formula is C14H21NO2S. The van der Waals surface area contributed by atoms with Gasteiger partial charge in [-0.15, -0.1) is 0 Å². The van der Waals surface area contributed by atoms with Crippen molar-refractivity contribution in [2.75, 3.05) is 19.9 Å². The highest BCUT2D eigenvalue weighted by Gasteiger charge is 2.31. The second-order valence-corrected chi connectivity index (χ2v) is 5.47. The first-order chi connectivity index (χ1) is 8.62. The van der Waals surface area contributed by atoms with Crippen LogP contribution in [-0.2, 0) is 15.3 Å². The Kier molecular flexibility index (Phi) is 6.22. The van der Waals surface area contributed by atoms with E-state index in [2.05, 4.69) is 17.4 Å². The second-order valence-electron chi connectivity index (χ2n) is 4.36. The van der Waals surface area contributed by atoms with Gasteiger partial charge in [-0.25, -0.2) is 0 Å². The number of benzene rings is 1. The lowest BCUT2D eigenvalue weighted by molar-refractivity contribution is -0.147. The molecule has 1 aromatic carbocycles. The number of carbonyl (C=O) groups excluding carboxylic acids is 1. The van der Waals surface area contributed by atoms with Crippen LogP contribution in [0.2, 0.25) is 0 Å². The van der Waals surface area contributed by atoms with Crippen molar-refractivity contribution >= 4 is 17.7 Å². The van der Waals surface area contributed by atoms with Gasteiger partial charge in [0.2, 0.25) is 0 Å². The predicted octanol–water partition coefficient (Wildman–Crippen LogP) is 2.46. The van der Waals surface area contributed by atoms with Crippen LogP contribution in [0.1, 0.15) is 18.9 Å². The zero-order valence-electron chi connectivity index (χ0n) is 11.2. The summed E-state index contributed by atoms with van der Waals surface area (Å²) >= 11 is 1.83. The second kappa shape index (κ2) is 7.44. The monoisotopic (exact) mass is 267 g/mol. The van der Waals surface area contributed by atoms with Gasteiger partial charge in [0.25, 0.3) is 0 Å². The number of rotatable bonds is 7. The summed E-state index contributed by atoms with van der Waals surface area (Å²) in [4.78, 5) is 11.6. The van der Waals surface area contributed by atoms with Crippen molar-refractivity contribution in [3.8, 4) is 0 Å². The minimum Gasteiger partial charge on any atom is -0.468 e. The molecule has 4 heteroatoms. The van der Waals surface area contributed by atoms with E-state index in [1.807, 2.05) is 36.9 Å². The number of hydrogen-bond acceptors (Lipinski definition) is 4. The molecule has 0 aliphatic heterocycles. The zero-order chi connectivity index (χ0) is 13.4. The summed E-state index contributed by atoms with van der Waals surface area (Å²) in [7, 11) is 3.22. The Bertz CT molecular complexity index is 369. The molecule has 0 aliphatic carbocycles. The Hall–Kier alpha value is -1.00. The molecule has 1 atom stereocenters. The van der Waals surface area contributed by atoms with Crippen molar-refractivity contribution in [3.05, 3.63) is 35.9 Å². The molecule has 1 N–H and O–H groups in total. The molecule has 0 aliphatic rings. The molecule has 0 heterocycles. The van der Waals surface area contributed by atoms with Crippen molar-refractivity contribution in [1.82, 2.24) is 5.32 Å². The quantitative estimate of drug-likeness (QED) is 0.608. The van der Waals surface area contributed by atoms with E-state index in [4.69, 9.17) is 4.74 Å². The average Bonchev–Trinajstić information content (AvgIpc) is 2.43. The van der Waals surface area contributed by atoms with Crippen LogP contribution >= 0.6 is 11.8 Å². The third kappa shape index (κ3) is 4.35. The zero-order valence-corrected chi connectivity index (χ0v) is 12.0. The largest absolute Gasteiger partial charge is 0.468 e. The highest BCUT2D eigenvalue weighted by Crippen LogP contribution is 2.18. The van der Waals surface area contributed by atoms with Crippen LogP contribution in [-0.4, -0.2) is 31.4 Å². The van der Waals surface area contributed by atoms with Crippen LogP contribution in [0.4, 0.5) is 0 Å². The van der Waals surface area contributed by atoms with E-state index in [9.17, 15) is 4.79 Å². The Morgan fingerprint density at radius 2 is 2.06 bits per heavy atom. The summed E-state index contributed by atoms with van der Waals surface area (Å²) in [5.41, 5.74) is 0.727. The molecule has 0 bridgehead atoms. The van der Waals surface area contributed by atoms with Gasteiger partial charge >= 0.3 is 5.97 Å². The van der Waals surface area contributed by atoms with E-state index in [1.165, 1.54) is 12.7 Å². The Labute approximate surface area is 113 Å². The maximum Gasteiger partial charge on any atom is 0.325 e. The lowest BCUT2D eigenvalue weighted by Crippen LogP contribution is -2.48. The van der Waals surface area contributed by atoms with Crippen molar-refractivity contribution in [2.24, 2.45) is 0 Å². The van der Waals surface area contributed by atoms with Gasteiger partial charge in [-0.1, -0.05) is 30.3 Å². The number of carbonyl (C=O) groups is 1. The van der Waals surface area contributed by atoms with Crippen LogP contribution in [0.3, 0.4) is 0 Å². The molecule has 0 fully saturated rings. The van der Waals surface area contributed by atoms with E-state index in [0.29, 0.717) is 0 Å². The van der Waals surface area contributed by atoms with Crippen molar-refractivity contribution in [3.63, 3.8) is 0 Å². The van der Waals surface area contributed by atoms with Crippen molar-refractivity contribution < 1.29 is 9.53 Å². The number of likely N-dealkylation sites (N-methyl/N-ethyl adjacent to an activating group) is 1. The normalized spacial score (nSPS) is 13.9. The van der Waals surface area contributed by atoms with E-state index >= 15 is 0 Å². The molecule has 100 valence electrons. The smallest absolute Gasteiger partial charge is 0.325 e. The maximum atomic E-state index is 11.6. The lowest BCUT2D eigenvalue weighted by Gasteiger charge is -2.25. The highest BCUT2D eigenvalue weighted by atomic mass is 32.2. The van der Waals surface area contributed by atoms with Gasteiger partial charge in [0, 0.05) is 5.75 Å². The number of thioether (sulfide) groups is 1. The topological polar surface area (TPSA) is 38.3 Å². The van der Waals surface area contributed by atoms with Gasteiger partial charge in [-0.3, -0.25) is 4.79 Å². The summed E-state index contributed by atoms with van der Waals surface area (Å²) < 4.78 is 4.81. The summed E-state index contributed by atoms with van der Waals surface area (Å²) in [6.07, 6.45) is 0.758. The molecule has 0 aromatic heterocycles. The number of methoxy groups -OCH3 is 1. The van der Waals surface area contributed by atoms with Crippen LogP contribution in [0.15, 0.2) is 30.3 Å². The van der Waals surface area contributed by atoms with Crippen LogP contribution in [0.5, 0.6) is 0 Å². The van der Waals surface area contributed by atoms with Gasteiger partial charge in [0.1, 0.15) is 5.54 Å². The number of ether oxygens (including phenoxy) is 1. The number of nitrogens with one attached hydrogen (secondary N) is 1. The molecule has 1 rings (SSSR count). The van der Waals surface area contributed by atoms with Gasteiger partial charge < -0.3 is 10.1 Å². The van der Waals surface area contributed by atoms with E-state index in [0.717, 1.165) is 17.9 Å². The Morgan fingerprint density at radius 1 is 1.39 bits per heavy atom. The summed E-state index contributed by atoms with van der Waals surface area (Å²) in [5, 5.41) is 3.04. The minimum atomic E-state index is -0.585. The van der Waals surface area contributed by atoms with Crippen molar-refractivity contribution in [2.45, 2.75) is 24.6 Å². The molecule has 1 unspecified atom stereocenters. The van der Waals surface area contributed by atoms with E-state index in [1.54, 1.807) is 7.05 Å². The molecule has 0 saturated heterocycles. The minimum absolute atomic E-state index is 0.203. The molecule has 18 heavy (non-hydrogen) atoms. The molecule has 1 aromatic rings. The average molecular weight is 267 g/mol. The number of hydrogen-bond donors (Lipinski definition) is 1. The first-order valence-electron chi connectivity index (χ1n) is 6.01. The molecule has 0 spiro atoms. The fourth-order valence-electron chi connectivity index (χ4n) is 1.59. The molecule has 0 amide bonds. The third-order valence-corrected chi connectivity index (χ3v) is 4.08. The SMILES string of the molecule is CNC(C)(CCSCc1ccccc1)C(=O)OC. The van der Waals surface area contributed by atoms with Gasteiger partial charge in [0.15, 0.2) is 0 Å². The Morgan fingerprint density at radius 3 is 2.61 bits per heavy atom. The number of esters is 1. The third-order valence-electron chi connectivity index (χ3n) is 3.05. The predicted molar refractivity (Wildman–Crippen MR) is 76.7 cm³/mol. The summed E-state index contributed by atoms with van der Waals surface area (Å²) in [5.74, 6) is 1.69. The molecule has 3 nitrogen and oxygen atoms in total. The van der Waals surface area contributed by atoms with Crippen LogP contribution < -0.4 is 5.32 Å².